The Hall–Kier alpha value is -1.52. The number of carboxylic acids is 1. The maximum absolute atomic E-state index is 11.8. The largest absolute Gasteiger partial charge is 0.481 e. The molecule has 0 heterocycles. The van der Waals surface area contributed by atoms with Crippen LogP contribution in [-0.2, 0) is 19.2 Å². The molecule has 5 heteroatoms. The van der Waals surface area contributed by atoms with Gasteiger partial charge in [0.15, 0.2) is 5.78 Å². The van der Waals surface area contributed by atoms with Crippen molar-refractivity contribution >= 4 is 23.3 Å². The average Bonchev–Trinajstić information content (AvgIpc) is 2.79. The summed E-state index contributed by atoms with van der Waals surface area (Å²) in [5.41, 5.74) is 0. The Morgan fingerprint density at radius 2 is 0.686 bits per heavy atom. The molecule has 0 aromatic rings. The number of hydrogen-bond acceptors (Lipinski definition) is 4. The van der Waals surface area contributed by atoms with Crippen molar-refractivity contribution in [3.8, 4) is 0 Å². The first-order valence-electron chi connectivity index (χ1n) is 14.7. The van der Waals surface area contributed by atoms with Gasteiger partial charge in [-0.1, -0.05) is 135 Å². The summed E-state index contributed by atoms with van der Waals surface area (Å²) < 4.78 is 0. The molecule has 0 fully saturated rings. The molecule has 0 radical (unpaired) electrons. The third kappa shape index (κ3) is 26.9. The minimum Gasteiger partial charge on any atom is -0.481 e. The zero-order valence-corrected chi connectivity index (χ0v) is 22.8. The van der Waals surface area contributed by atoms with Gasteiger partial charge < -0.3 is 5.11 Å². The number of aliphatic carboxylic acids is 1. The van der Waals surface area contributed by atoms with Gasteiger partial charge in [-0.15, -0.1) is 0 Å². The molecule has 0 bridgehead atoms. The van der Waals surface area contributed by atoms with Crippen LogP contribution in [0.25, 0.3) is 0 Å². The first kappa shape index (κ1) is 33.5. The van der Waals surface area contributed by atoms with E-state index in [1.165, 1.54) is 116 Å². The molecular weight excluding hydrogens is 440 g/mol. The Morgan fingerprint density at radius 1 is 0.400 bits per heavy atom. The summed E-state index contributed by atoms with van der Waals surface area (Å²) in [5, 5.41) is 8.52. The Balaban J connectivity index is 3.28. The van der Waals surface area contributed by atoms with Crippen LogP contribution in [0.5, 0.6) is 0 Å². The second kappa shape index (κ2) is 25.6. The number of rotatable bonds is 28. The van der Waals surface area contributed by atoms with Crippen molar-refractivity contribution in [1.82, 2.24) is 0 Å². The van der Waals surface area contributed by atoms with Crippen LogP contribution in [0.15, 0.2) is 0 Å². The fourth-order valence-electron chi connectivity index (χ4n) is 4.58. The summed E-state index contributed by atoms with van der Waals surface area (Å²) in [6.07, 6.45) is 26.7. The maximum atomic E-state index is 11.8. The summed E-state index contributed by atoms with van der Waals surface area (Å²) in [7, 11) is 0. The topological polar surface area (TPSA) is 88.5 Å². The van der Waals surface area contributed by atoms with Crippen molar-refractivity contribution in [3.63, 3.8) is 0 Å². The molecule has 0 aliphatic rings. The molecule has 0 aliphatic carbocycles. The van der Waals surface area contributed by atoms with Crippen molar-refractivity contribution < 1.29 is 24.3 Å². The lowest BCUT2D eigenvalue weighted by Gasteiger charge is -2.04. The Morgan fingerprint density at radius 3 is 1.03 bits per heavy atom. The Kier molecular flexibility index (Phi) is 24.5. The molecule has 5 nitrogen and oxygen atoms in total. The minimum absolute atomic E-state index is 0.143. The van der Waals surface area contributed by atoms with E-state index in [4.69, 9.17) is 5.11 Å². The minimum atomic E-state index is -1.24. The van der Waals surface area contributed by atoms with E-state index < -0.39 is 30.4 Å². The number of carbonyl (C=O) groups is 4. The zero-order valence-electron chi connectivity index (χ0n) is 22.8. The molecule has 0 aromatic carbocycles. The smallest absolute Gasteiger partial charge is 0.310 e. The molecular formula is C30H54O5. The van der Waals surface area contributed by atoms with Gasteiger partial charge >= 0.3 is 5.97 Å². The van der Waals surface area contributed by atoms with Gasteiger partial charge in [0, 0.05) is 6.42 Å². The van der Waals surface area contributed by atoms with Crippen LogP contribution in [-0.4, -0.2) is 28.4 Å². The first-order chi connectivity index (χ1) is 17.0. The summed E-state index contributed by atoms with van der Waals surface area (Å²) in [4.78, 5) is 45.1. The van der Waals surface area contributed by atoms with Crippen molar-refractivity contribution in [2.45, 2.75) is 167 Å². The zero-order chi connectivity index (χ0) is 26.0. The molecule has 1 N–H and O–H groups in total. The van der Waals surface area contributed by atoms with Crippen molar-refractivity contribution in [1.29, 1.82) is 0 Å². The second-order valence-corrected chi connectivity index (χ2v) is 10.4. The lowest BCUT2D eigenvalue weighted by Crippen LogP contribution is -2.15. The standard InChI is InChI=1S/C30H54O5/c1-2-3-4-5-6-7-8-9-10-11-12-13-14-15-16-17-18-19-20-21-22-23-27(31)24-28(32)25-29(33)26-30(34)35/h2-26H2,1H3,(H,34,35). The first-order valence-corrected chi connectivity index (χ1v) is 14.7. The molecule has 0 unspecified atom stereocenters. The van der Waals surface area contributed by atoms with Crippen molar-refractivity contribution in [2.24, 2.45) is 0 Å². The van der Waals surface area contributed by atoms with E-state index in [0.29, 0.717) is 6.42 Å². The predicted octanol–water partition coefficient (Wildman–Crippen LogP) is 8.55. The van der Waals surface area contributed by atoms with Gasteiger partial charge in [0.05, 0.1) is 12.8 Å². The average molecular weight is 495 g/mol. The van der Waals surface area contributed by atoms with E-state index in [1.54, 1.807) is 0 Å². The number of ketones is 3. The lowest BCUT2D eigenvalue weighted by atomic mass is 10.0. The van der Waals surface area contributed by atoms with Crippen molar-refractivity contribution in [2.75, 3.05) is 0 Å². The van der Waals surface area contributed by atoms with Crippen LogP contribution < -0.4 is 0 Å². The van der Waals surface area contributed by atoms with E-state index in [2.05, 4.69) is 6.92 Å². The van der Waals surface area contributed by atoms with Gasteiger partial charge in [-0.3, -0.25) is 19.2 Å². The van der Waals surface area contributed by atoms with Crippen LogP contribution >= 0.6 is 0 Å². The van der Waals surface area contributed by atoms with E-state index >= 15 is 0 Å². The molecule has 0 rings (SSSR count). The van der Waals surface area contributed by atoms with Gasteiger partial charge in [0.25, 0.3) is 0 Å². The van der Waals surface area contributed by atoms with Crippen LogP contribution in [0.3, 0.4) is 0 Å². The van der Waals surface area contributed by atoms with Gasteiger partial charge in [0.1, 0.15) is 18.0 Å². The highest BCUT2D eigenvalue weighted by Crippen LogP contribution is 2.15. The van der Waals surface area contributed by atoms with E-state index in [-0.39, 0.29) is 12.2 Å². The number of unbranched alkanes of at least 4 members (excludes halogenated alkanes) is 20. The molecule has 204 valence electrons. The monoisotopic (exact) mass is 494 g/mol. The van der Waals surface area contributed by atoms with Gasteiger partial charge in [-0.05, 0) is 6.42 Å². The molecule has 0 saturated carbocycles. The molecule has 0 atom stereocenters. The highest BCUT2D eigenvalue weighted by atomic mass is 16.4. The molecule has 35 heavy (non-hydrogen) atoms. The third-order valence-corrected chi connectivity index (χ3v) is 6.70. The summed E-state index contributed by atoms with van der Waals surface area (Å²) in [6.45, 7) is 2.27. The lowest BCUT2D eigenvalue weighted by molar-refractivity contribution is -0.140. The number of Topliss-reactive ketones (excluding diaryl/α,β-unsaturated/α-hetero) is 3. The van der Waals surface area contributed by atoms with Gasteiger partial charge in [-0.25, -0.2) is 0 Å². The molecule has 0 amide bonds. The second-order valence-electron chi connectivity index (χ2n) is 10.4. The molecule has 0 saturated heterocycles. The highest BCUT2D eigenvalue weighted by molar-refractivity contribution is 6.10. The number of carbonyl (C=O) groups excluding carboxylic acids is 3. The Bertz CT molecular complexity index is 555. The molecule has 0 aromatic heterocycles. The van der Waals surface area contributed by atoms with Gasteiger partial charge in [-0.2, -0.15) is 0 Å². The summed E-state index contributed by atoms with van der Waals surface area (Å²) in [5.74, 6) is -2.49. The van der Waals surface area contributed by atoms with E-state index in [1.807, 2.05) is 0 Å². The Labute approximate surface area is 215 Å². The fraction of sp³-hybridized carbons (Fsp3) is 0.867. The number of hydrogen-bond donors (Lipinski definition) is 1. The highest BCUT2D eigenvalue weighted by Gasteiger charge is 2.15. The normalized spacial score (nSPS) is 11.0. The number of carboxylic acid groups (broad SMARTS) is 1. The summed E-state index contributed by atoms with van der Waals surface area (Å²) in [6, 6.07) is 0. The maximum Gasteiger partial charge on any atom is 0.310 e. The SMILES string of the molecule is CCCCCCCCCCCCCCCCCCCCCCCC(=O)CC(=O)CC(=O)CC(=O)O. The quantitative estimate of drug-likeness (QED) is 0.0869. The van der Waals surface area contributed by atoms with Crippen molar-refractivity contribution in [3.05, 3.63) is 0 Å². The van der Waals surface area contributed by atoms with Crippen LogP contribution in [0.4, 0.5) is 0 Å². The van der Waals surface area contributed by atoms with Crippen LogP contribution in [0, 0.1) is 0 Å². The van der Waals surface area contributed by atoms with E-state index in [9.17, 15) is 19.2 Å². The van der Waals surface area contributed by atoms with Crippen LogP contribution in [0.1, 0.15) is 167 Å². The molecule has 0 spiro atoms. The van der Waals surface area contributed by atoms with E-state index in [0.717, 1.165) is 19.3 Å². The summed E-state index contributed by atoms with van der Waals surface area (Å²) >= 11 is 0. The predicted molar refractivity (Wildman–Crippen MR) is 144 cm³/mol. The van der Waals surface area contributed by atoms with Gasteiger partial charge in [0.2, 0.25) is 0 Å². The third-order valence-electron chi connectivity index (χ3n) is 6.70. The fourth-order valence-corrected chi connectivity index (χ4v) is 4.58. The van der Waals surface area contributed by atoms with Crippen LogP contribution in [0.2, 0.25) is 0 Å². The molecule has 0 aliphatic heterocycles.